The highest BCUT2D eigenvalue weighted by Crippen LogP contribution is 2.26. The van der Waals surface area contributed by atoms with Crippen LogP contribution in [0.1, 0.15) is 5.56 Å². The van der Waals surface area contributed by atoms with Crippen molar-refractivity contribution in [3.63, 3.8) is 0 Å². The molecule has 4 nitrogen and oxygen atoms in total. The van der Waals surface area contributed by atoms with Gasteiger partial charge in [0.1, 0.15) is 0 Å². The zero-order valence-electron chi connectivity index (χ0n) is 10.1. The van der Waals surface area contributed by atoms with E-state index in [9.17, 15) is 0 Å². The number of aromatic nitrogens is 1. The van der Waals surface area contributed by atoms with Crippen molar-refractivity contribution in [2.45, 2.75) is 0 Å². The van der Waals surface area contributed by atoms with Crippen molar-refractivity contribution in [1.82, 2.24) is 4.98 Å². The molecule has 1 aromatic heterocycles. The quantitative estimate of drug-likeness (QED) is 0.608. The summed E-state index contributed by atoms with van der Waals surface area (Å²) in [6.45, 7) is 0. The number of nitrogens with two attached hydrogens (primary N) is 1. The molecule has 0 radical (unpaired) electrons. The minimum atomic E-state index is 0.559. The first-order valence-corrected chi connectivity index (χ1v) is 5.90. The normalized spacial score (nSPS) is 10.3. The van der Waals surface area contributed by atoms with Crippen LogP contribution in [0.2, 0.25) is 0 Å². The molecule has 0 unspecified atom stereocenters. The number of aromatic amines is 1. The molecule has 92 valence electrons. The average Bonchev–Trinajstić information content (AvgIpc) is 2.88. The minimum absolute atomic E-state index is 0.559. The van der Waals surface area contributed by atoms with Crippen LogP contribution in [0.25, 0.3) is 10.9 Å². The molecule has 1 heterocycles. The third-order valence-electron chi connectivity index (χ3n) is 3.01. The molecule has 0 bridgehead atoms. The van der Waals surface area contributed by atoms with Crippen LogP contribution < -0.4 is 11.1 Å². The maximum atomic E-state index is 8.81. The Hall–Kier alpha value is -2.93. The molecule has 0 aliphatic heterocycles. The van der Waals surface area contributed by atoms with Crippen LogP contribution in [-0.4, -0.2) is 4.98 Å². The standard InChI is InChI=1S/C15H12N4/c16-9-10-1-3-15(13(17)7-10)19-12-2-4-14-11(8-12)5-6-18-14/h1-8,18-19H,17H2. The Labute approximate surface area is 110 Å². The highest BCUT2D eigenvalue weighted by atomic mass is 14.9. The van der Waals surface area contributed by atoms with Gasteiger partial charge in [-0.2, -0.15) is 5.26 Å². The van der Waals surface area contributed by atoms with Gasteiger partial charge in [0.15, 0.2) is 0 Å². The van der Waals surface area contributed by atoms with Gasteiger partial charge in [-0.05, 0) is 42.5 Å². The van der Waals surface area contributed by atoms with Crippen LogP contribution >= 0.6 is 0 Å². The first kappa shape index (κ1) is 11.2. The summed E-state index contributed by atoms with van der Waals surface area (Å²) in [7, 11) is 0. The van der Waals surface area contributed by atoms with Crippen LogP contribution in [0, 0.1) is 11.3 Å². The van der Waals surface area contributed by atoms with Crippen molar-refractivity contribution in [3.05, 3.63) is 54.2 Å². The Balaban J connectivity index is 1.94. The largest absolute Gasteiger partial charge is 0.397 e. The topological polar surface area (TPSA) is 77.6 Å². The zero-order chi connectivity index (χ0) is 13.2. The summed E-state index contributed by atoms with van der Waals surface area (Å²) in [5.74, 6) is 0. The zero-order valence-corrected chi connectivity index (χ0v) is 10.1. The highest BCUT2D eigenvalue weighted by Gasteiger charge is 2.02. The van der Waals surface area contributed by atoms with Gasteiger partial charge in [-0.3, -0.25) is 0 Å². The smallest absolute Gasteiger partial charge is 0.0992 e. The molecule has 0 saturated carbocycles. The van der Waals surface area contributed by atoms with Gasteiger partial charge in [-0.25, -0.2) is 0 Å². The van der Waals surface area contributed by atoms with E-state index in [1.807, 2.05) is 36.5 Å². The molecule has 0 saturated heterocycles. The molecule has 3 rings (SSSR count). The van der Waals surface area contributed by atoms with E-state index in [1.54, 1.807) is 12.1 Å². The van der Waals surface area contributed by atoms with Crippen molar-refractivity contribution >= 4 is 28.0 Å². The van der Waals surface area contributed by atoms with E-state index in [4.69, 9.17) is 11.0 Å². The predicted octanol–water partition coefficient (Wildman–Crippen LogP) is 3.37. The number of benzene rings is 2. The van der Waals surface area contributed by atoms with Gasteiger partial charge in [0.05, 0.1) is 23.0 Å². The molecule has 4 heteroatoms. The number of nitrogens with zero attached hydrogens (tertiary/aromatic N) is 1. The first-order valence-electron chi connectivity index (χ1n) is 5.90. The highest BCUT2D eigenvalue weighted by molar-refractivity contribution is 5.85. The molecule has 0 fully saturated rings. The monoisotopic (exact) mass is 248 g/mol. The van der Waals surface area contributed by atoms with E-state index in [0.717, 1.165) is 22.3 Å². The van der Waals surface area contributed by atoms with E-state index < -0.39 is 0 Å². The number of nitriles is 1. The second-order valence-electron chi connectivity index (χ2n) is 4.32. The van der Waals surface area contributed by atoms with Gasteiger partial charge in [-0.15, -0.1) is 0 Å². The van der Waals surface area contributed by atoms with Gasteiger partial charge >= 0.3 is 0 Å². The average molecular weight is 248 g/mol. The summed E-state index contributed by atoms with van der Waals surface area (Å²) in [5, 5.41) is 13.2. The Morgan fingerprint density at radius 1 is 1.11 bits per heavy atom. The molecule has 0 aliphatic carbocycles. The number of anilines is 3. The Morgan fingerprint density at radius 3 is 2.79 bits per heavy atom. The summed E-state index contributed by atoms with van der Waals surface area (Å²) in [6, 6.07) is 15.3. The number of H-pyrrole nitrogens is 1. The minimum Gasteiger partial charge on any atom is -0.397 e. The number of fused-ring (bicyclic) bond motifs is 1. The Kier molecular flexibility index (Phi) is 2.58. The molecule has 0 atom stereocenters. The predicted molar refractivity (Wildman–Crippen MR) is 77.2 cm³/mol. The maximum Gasteiger partial charge on any atom is 0.0992 e. The van der Waals surface area contributed by atoms with E-state index in [-0.39, 0.29) is 0 Å². The van der Waals surface area contributed by atoms with E-state index in [0.29, 0.717) is 11.3 Å². The number of nitrogens with one attached hydrogen (secondary N) is 2. The van der Waals surface area contributed by atoms with E-state index in [1.165, 1.54) is 0 Å². The van der Waals surface area contributed by atoms with Crippen molar-refractivity contribution < 1.29 is 0 Å². The van der Waals surface area contributed by atoms with Crippen molar-refractivity contribution in [1.29, 1.82) is 5.26 Å². The number of hydrogen-bond acceptors (Lipinski definition) is 3. The third kappa shape index (κ3) is 2.09. The third-order valence-corrected chi connectivity index (χ3v) is 3.01. The van der Waals surface area contributed by atoms with Gasteiger partial charge in [0.2, 0.25) is 0 Å². The molecule has 4 N–H and O–H groups in total. The number of rotatable bonds is 2. The second kappa shape index (κ2) is 4.39. The maximum absolute atomic E-state index is 8.81. The van der Waals surface area contributed by atoms with Crippen LogP contribution in [-0.2, 0) is 0 Å². The summed E-state index contributed by atoms with van der Waals surface area (Å²) >= 11 is 0. The summed E-state index contributed by atoms with van der Waals surface area (Å²) in [4.78, 5) is 3.15. The van der Waals surface area contributed by atoms with Crippen molar-refractivity contribution in [2.24, 2.45) is 0 Å². The molecule has 3 aromatic rings. The lowest BCUT2D eigenvalue weighted by Gasteiger charge is -2.09. The summed E-state index contributed by atoms with van der Waals surface area (Å²) < 4.78 is 0. The van der Waals surface area contributed by atoms with Crippen molar-refractivity contribution in [2.75, 3.05) is 11.1 Å². The second-order valence-corrected chi connectivity index (χ2v) is 4.32. The SMILES string of the molecule is N#Cc1ccc(Nc2ccc3[nH]ccc3c2)c(N)c1. The molecule has 2 aromatic carbocycles. The molecular formula is C15H12N4. The fourth-order valence-corrected chi connectivity index (χ4v) is 2.03. The lowest BCUT2D eigenvalue weighted by atomic mass is 10.1. The molecule has 0 amide bonds. The Bertz CT molecular complexity index is 780. The van der Waals surface area contributed by atoms with Crippen molar-refractivity contribution in [3.8, 4) is 6.07 Å². The fourth-order valence-electron chi connectivity index (χ4n) is 2.03. The van der Waals surface area contributed by atoms with Crippen LogP contribution in [0.15, 0.2) is 48.7 Å². The number of nitrogen functional groups attached to an aromatic ring is 1. The molecular weight excluding hydrogens is 236 g/mol. The Morgan fingerprint density at radius 2 is 2.00 bits per heavy atom. The molecule has 0 aliphatic rings. The molecule has 0 spiro atoms. The van der Waals surface area contributed by atoms with Gasteiger partial charge in [0, 0.05) is 22.8 Å². The van der Waals surface area contributed by atoms with Crippen LogP contribution in [0.3, 0.4) is 0 Å². The van der Waals surface area contributed by atoms with Gasteiger partial charge in [0.25, 0.3) is 0 Å². The lowest BCUT2D eigenvalue weighted by molar-refractivity contribution is 1.47. The van der Waals surface area contributed by atoms with Gasteiger partial charge < -0.3 is 16.0 Å². The van der Waals surface area contributed by atoms with Gasteiger partial charge in [-0.1, -0.05) is 0 Å². The fraction of sp³-hybridized carbons (Fsp3) is 0. The summed E-state index contributed by atoms with van der Waals surface area (Å²) in [6.07, 6.45) is 1.91. The molecule has 19 heavy (non-hydrogen) atoms. The lowest BCUT2D eigenvalue weighted by Crippen LogP contribution is -1.96. The van der Waals surface area contributed by atoms with Crippen LogP contribution in [0.4, 0.5) is 17.1 Å². The van der Waals surface area contributed by atoms with E-state index in [2.05, 4.69) is 16.4 Å². The number of hydrogen-bond donors (Lipinski definition) is 3. The summed E-state index contributed by atoms with van der Waals surface area (Å²) in [5.41, 5.74) is 9.90. The van der Waals surface area contributed by atoms with Crippen LogP contribution in [0.5, 0.6) is 0 Å². The first-order chi connectivity index (χ1) is 9.26. The van der Waals surface area contributed by atoms with E-state index >= 15 is 0 Å².